The van der Waals surface area contributed by atoms with Gasteiger partial charge in [-0.25, -0.2) is 4.98 Å². The molecule has 1 aromatic carbocycles. The van der Waals surface area contributed by atoms with Crippen LogP contribution in [0.1, 0.15) is 31.4 Å². The van der Waals surface area contributed by atoms with Crippen LogP contribution < -0.4 is 10.6 Å². The van der Waals surface area contributed by atoms with Gasteiger partial charge < -0.3 is 10.6 Å². The van der Waals surface area contributed by atoms with Gasteiger partial charge in [0.05, 0.1) is 11.2 Å². The Morgan fingerprint density at radius 2 is 2.00 bits per heavy atom. The van der Waals surface area contributed by atoms with E-state index in [9.17, 15) is 13.2 Å². The van der Waals surface area contributed by atoms with Crippen LogP contribution in [0.2, 0.25) is 0 Å². The van der Waals surface area contributed by atoms with Gasteiger partial charge in [0.1, 0.15) is 0 Å². The first kappa shape index (κ1) is 20.6. The molecule has 4 nitrogen and oxygen atoms in total. The van der Waals surface area contributed by atoms with Gasteiger partial charge in [-0.05, 0) is 69.0 Å². The molecule has 1 aliphatic heterocycles. The third-order valence-corrected chi connectivity index (χ3v) is 5.57. The van der Waals surface area contributed by atoms with E-state index in [0.29, 0.717) is 11.4 Å². The summed E-state index contributed by atoms with van der Waals surface area (Å²) < 4.78 is 40.4. The predicted molar refractivity (Wildman–Crippen MR) is 113 cm³/mol. The van der Waals surface area contributed by atoms with Gasteiger partial charge >= 0.3 is 6.18 Å². The van der Waals surface area contributed by atoms with Crippen molar-refractivity contribution in [3.63, 3.8) is 0 Å². The highest BCUT2D eigenvalue weighted by Crippen LogP contribution is 2.36. The maximum Gasteiger partial charge on any atom is 0.434 e. The molecule has 4 rings (SSSR count). The molecular formula is C23H25F3N4. The van der Waals surface area contributed by atoms with E-state index in [-0.39, 0.29) is 11.3 Å². The molecule has 1 fully saturated rings. The van der Waals surface area contributed by atoms with Crippen LogP contribution in [0.3, 0.4) is 0 Å². The van der Waals surface area contributed by atoms with Crippen LogP contribution in [-0.4, -0.2) is 29.6 Å². The normalized spacial score (nSPS) is 17.2. The lowest BCUT2D eigenvalue weighted by atomic mass is 9.95. The monoisotopic (exact) mass is 414 g/mol. The Hall–Kier alpha value is -2.67. The zero-order chi connectivity index (χ0) is 21.0. The van der Waals surface area contributed by atoms with Crippen molar-refractivity contribution in [1.29, 1.82) is 0 Å². The molecule has 1 saturated heterocycles. The second-order valence-electron chi connectivity index (χ2n) is 7.75. The highest BCUT2D eigenvalue weighted by atomic mass is 19.4. The number of aromatic nitrogens is 2. The minimum atomic E-state index is -4.54. The number of alkyl halides is 3. The minimum Gasteiger partial charge on any atom is -0.384 e. The van der Waals surface area contributed by atoms with Crippen LogP contribution in [0, 0.1) is 5.92 Å². The van der Waals surface area contributed by atoms with Crippen molar-refractivity contribution in [2.75, 3.05) is 25.0 Å². The number of fused-ring (bicyclic) bond motifs is 1. The van der Waals surface area contributed by atoms with E-state index in [0.717, 1.165) is 49.7 Å². The molecule has 0 bridgehead atoms. The average Bonchev–Trinajstić information content (AvgIpc) is 2.76. The van der Waals surface area contributed by atoms with Crippen molar-refractivity contribution < 1.29 is 13.2 Å². The molecule has 7 heteroatoms. The van der Waals surface area contributed by atoms with Gasteiger partial charge in [-0.3, -0.25) is 4.98 Å². The predicted octanol–water partition coefficient (Wildman–Crippen LogP) is 5.51. The molecule has 0 aliphatic carbocycles. The van der Waals surface area contributed by atoms with Gasteiger partial charge in [0.15, 0.2) is 5.69 Å². The van der Waals surface area contributed by atoms with Gasteiger partial charge in [0.2, 0.25) is 0 Å². The Morgan fingerprint density at radius 3 is 2.80 bits per heavy atom. The van der Waals surface area contributed by atoms with Gasteiger partial charge in [0, 0.05) is 29.4 Å². The second-order valence-corrected chi connectivity index (χ2v) is 7.75. The zero-order valence-electron chi connectivity index (χ0n) is 16.7. The number of hydrogen-bond donors (Lipinski definition) is 2. The smallest absolute Gasteiger partial charge is 0.384 e. The zero-order valence-corrected chi connectivity index (χ0v) is 16.7. The summed E-state index contributed by atoms with van der Waals surface area (Å²) in [5, 5.41) is 7.77. The van der Waals surface area contributed by atoms with Crippen LogP contribution in [0.15, 0.2) is 48.7 Å². The van der Waals surface area contributed by atoms with E-state index >= 15 is 0 Å². The van der Waals surface area contributed by atoms with Crippen LogP contribution >= 0.6 is 0 Å². The lowest BCUT2D eigenvalue weighted by Gasteiger charge is -2.22. The van der Waals surface area contributed by atoms with Crippen molar-refractivity contribution in [1.82, 2.24) is 15.3 Å². The van der Waals surface area contributed by atoms with Gasteiger partial charge in [-0.15, -0.1) is 0 Å². The quantitative estimate of drug-likeness (QED) is 0.523. The van der Waals surface area contributed by atoms with E-state index in [1.807, 2.05) is 24.3 Å². The lowest BCUT2D eigenvalue weighted by Crippen LogP contribution is -2.29. The van der Waals surface area contributed by atoms with Crippen molar-refractivity contribution in [3.05, 3.63) is 54.4 Å². The number of para-hydroxylation sites is 1. The molecule has 0 amide bonds. The van der Waals surface area contributed by atoms with E-state index in [4.69, 9.17) is 0 Å². The van der Waals surface area contributed by atoms with E-state index < -0.39 is 11.9 Å². The van der Waals surface area contributed by atoms with Crippen molar-refractivity contribution in [3.8, 4) is 11.3 Å². The molecule has 1 unspecified atom stereocenters. The molecule has 1 atom stereocenters. The van der Waals surface area contributed by atoms with Gasteiger partial charge in [-0.1, -0.05) is 18.2 Å². The SMILES string of the molecule is FC(F)(F)c1ncccc1-c1cc(NCCCC2CCCNC2)c2ccccc2n1. The topological polar surface area (TPSA) is 49.8 Å². The summed E-state index contributed by atoms with van der Waals surface area (Å²) in [7, 11) is 0. The Bertz CT molecular complexity index is 997. The Labute approximate surface area is 173 Å². The third-order valence-electron chi connectivity index (χ3n) is 5.57. The molecule has 0 spiro atoms. The number of hydrogen-bond acceptors (Lipinski definition) is 4. The Morgan fingerprint density at radius 1 is 1.13 bits per heavy atom. The highest BCUT2D eigenvalue weighted by molar-refractivity contribution is 5.93. The fourth-order valence-electron chi connectivity index (χ4n) is 4.08. The van der Waals surface area contributed by atoms with Crippen molar-refractivity contribution in [2.24, 2.45) is 5.92 Å². The molecule has 30 heavy (non-hydrogen) atoms. The number of nitrogens with zero attached hydrogens (tertiary/aromatic N) is 2. The standard InChI is InChI=1S/C23H25F3N4/c24-23(25,26)22-18(9-5-13-29-22)21-14-20(17-8-1-2-10-19(17)30-21)28-12-4-7-16-6-3-11-27-15-16/h1-2,5,8-10,13-14,16,27H,3-4,6-7,11-12,15H2,(H,28,30). The molecule has 0 radical (unpaired) electrons. The molecule has 3 aromatic rings. The van der Waals surface area contributed by atoms with Crippen molar-refractivity contribution >= 4 is 16.6 Å². The second kappa shape index (κ2) is 9.00. The Balaban J connectivity index is 1.59. The fourth-order valence-corrected chi connectivity index (χ4v) is 4.08. The van der Waals surface area contributed by atoms with E-state index in [1.165, 1.54) is 25.0 Å². The first-order valence-electron chi connectivity index (χ1n) is 10.4. The van der Waals surface area contributed by atoms with Crippen LogP contribution in [0.4, 0.5) is 18.9 Å². The van der Waals surface area contributed by atoms with Crippen LogP contribution in [0.5, 0.6) is 0 Å². The maximum absolute atomic E-state index is 13.5. The summed E-state index contributed by atoms with van der Waals surface area (Å²) in [6, 6.07) is 12.1. The lowest BCUT2D eigenvalue weighted by molar-refractivity contribution is -0.140. The molecular weight excluding hydrogens is 389 g/mol. The summed E-state index contributed by atoms with van der Waals surface area (Å²) in [6.07, 6.45) is 1.26. The molecule has 1 aliphatic rings. The maximum atomic E-state index is 13.5. The number of benzene rings is 1. The molecule has 3 heterocycles. The highest BCUT2D eigenvalue weighted by Gasteiger charge is 2.35. The fraction of sp³-hybridized carbons (Fsp3) is 0.391. The minimum absolute atomic E-state index is 0.00733. The molecule has 2 N–H and O–H groups in total. The first-order valence-corrected chi connectivity index (χ1v) is 10.4. The van der Waals surface area contributed by atoms with E-state index in [2.05, 4.69) is 20.6 Å². The summed E-state index contributed by atoms with van der Waals surface area (Å²) in [5.74, 6) is 0.704. The third kappa shape index (κ3) is 4.73. The van der Waals surface area contributed by atoms with Gasteiger partial charge in [0.25, 0.3) is 0 Å². The number of halogens is 3. The number of anilines is 1. The molecule has 158 valence electrons. The first-order chi connectivity index (χ1) is 14.5. The molecule has 2 aromatic heterocycles. The number of nitrogens with one attached hydrogen (secondary N) is 2. The summed E-state index contributed by atoms with van der Waals surface area (Å²) in [6.45, 7) is 2.95. The van der Waals surface area contributed by atoms with Crippen molar-refractivity contribution in [2.45, 2.75) is 31.9 Å². The summed E-state index contributed by atoms with van der Waals surface area (Å²) in [5.41, 5.74) is 0.809. The summed E-state index contributed by atoms with van der Waals surface area (Å²) >= 11 is 0. The van der Waals surface area contributed by atoms with Gasteiger partial charge in [-0.2, -0.15) is 13.2 Å². The largest absolute Gasteiger partial charge is 0.434 e. The number of pyridine rings is 2. The van der Waals surface area contributed by atoms with E-state index in [1.54, 1.807) is 6.07 Å². The number of rotatable bonds is 6. The Kier molecular flexibility index (Phi) is 6.18. The average molecular weight is 414 g/mol. The van der Waals surface area contributed by atoms with Crippen LogP contribution in [0.25, 0.3) is 22.2 Å². The number of piperidine rings is 1. The van der Waals surface area contributed by atoms with Crippen LogP contribution in [-0.2, 0) is 6.18 Å². The molecule has 0 saturated carbocycles. The summed E-state index contributed by atoms with van der Waals surface area (Å²) in [4.78, 5) is 8.07.